The molecule has 2 aliphatic heterocycles. The van der Waals surface area contributed by atoms with Crippen LogP contribution in [-0.2, 0) is 14.8 Å². The number of carbonyl (C=O) groups is 1. The summed E-state index contributed by atoms with van der Waals surface area (Å²) in [4.78, 5) is 24.5. The van der Waals surface area contributed by atoms with Gasteiger partial charge in [0.2, 0.25) is 21.9 Å². The molecule has 2 saturated heterocycles. The van der Waals surface area contributed by atoms with Gasteiger partial charge in [-0.2, -0.15) is 4.31 Å². The SMILES string of the molecule is O=C(CN1CCCCS1(=O)=O)N1CCN(c2ncccn2)CC1. The topological polar surface area (TPSA) is 86.7 Å². The number of carbonyl (C=O) groups excluding carboxylic acids is 1. The van der Waals surface area contributed by atoms with E-state index >= 15 is 0 Å². The van der Waals surface area contributed by atoms with Gasteiger partial charge in [0.05, 0.1) is 12.3 Å². The number of piperazine rings is 1. The monoisotopic (exact) mass is 339 g/mol. The summed E-state index contributed by atoms with van der Waals surface area (Å²) >= 11 is 0. The lowest BCUT2D eigenvalue weighted by atomic mass is 10.3. The summed E-state index contributed by atoms with van der Waals surface area (Å²) in [6.45, 7) is 2.84. The van der Waals surface area contributed by atoms with Crippen LogP contribution in [0.2, 0.25) is 0 Å². The molecule has 3 heterocycles. The molecular weight excluding hydrogens is 318 g/mol. The highest BCUT2D eigenvalue weighted by molar-refractivity contribution is 7.89. The third-order valence-corrected chi connectivity index (χ3v) is 6.14. The zero-order valence-electron chi connectivity index (χ0n) is 13.0. The first-order chi connectivity index (χ1) is 11.1. The Morgan fingerprint density at radius 2 is 1.74 bits per heavy atom. The number of anilines is 1. The van der Waals surface area contributed by atoms with E-state index in [1.54, 1.807) is 23.4 Å². The van der Waals surface area contributed by atoms with Crippen molar-refractivity contribution in [3.05, 3.63) is 18.5 Å². The first kappa shape index (κ1) is 16.1. The normalized spacial score (nSPS) is 22.1. The van der Waals surface area contributed by atoms with E-state index in [2.05, 4.69) is 9.97 Å². The summed E-state index contributed by atoms with van der Waals surface area (Å²) in [6, 6.07) is 1.77. The fourth-order valence-electron chi connectivity index (χ4n) is 2.88. The van der Waals surface area contributed by atoms with E-state index in [1.165, 1.54) is 4.31 Å². The molecule has 3 rings (SSSR count). The molecule has 1 amide bonds. The standard InChI is InChI=1S/C14H21N5O3S/c20-13(12-19-6-1-2-11-23(19,21)22)17-7-9-18(10-8-17)14-15-4-3-5-16-14/h3-5H,1-2,6-12H2. The highest BCUT2D eigenvalue weighted by Crippen LogP contribution is 2.15. The van der Waals surface area contributed by atoms with Gasteiger partial charge in [-0.1, -0.05) is 0 Å². The van der Waals surface area contributed by atoms with Gasteiger partial charge in [0.1, 0.15) is 0 Å². The van der Waals surface area contributed by atoms with Gasteiger partial charge in [0, 0.05) is 45.1 Å². The van der Waals surface area contributed by atoms with Crippen LogP contribution < -0.4 is 4.90 Å². The van der Waals surface area contributed by atoms with Crippen molar-refractivity contribution in [2.75, 3.05) is 49.9 Å². The number of hydrogen-bond donors (Lipinski definition) is 0. The highest BCUT2D eigenvalue weighted by Gasteiger charge is 2.30. The van der Waals surface area contributed by atoms with Crippen molar-refractivity contribution < 1.29 is 13.2 Å². The Kier molecular flexibility index (Phi) is 4.76. The quantitative estimate of drug-likeness (QED) is 0.741. The molecule has 8 nitrogen and oxygen atoms in total. The van der Waals surface area contributed by atoms with Gasteiger partial charge in [-0.15, -0.1) is 0 Å². The van der Waals surface area contributed by atoms with Gasteiger partial charge < -0.3 is 9.80 Å². The molecule has 1 aromatic rings. The molecule has 0 radical (unpaired) electrons. The summed E-state index contributed by atoms with van der Waals surface area (Å²) < 4.78 is 25.3. The molecule has 0 aliphatic carbocycles. The first-order valence-electron chi connectivity index (χ1n) is 7.84. The minimum atomic E-state index is -3.26. The van der Waals surface area contributed by atoms with Crippen LogP contribution in [-0.4, -0.2) is 78.5 Å². The van der Waals surface area contributed by atoms with E-state index in [0.717, 1.165) is 6.42 Å². The molecule has 1 aromatic heterocycles. The highest BCUT2D eigenvalue weighted by atomic mass is 32.2. The van der Waals surface area contributed by atoms with Crippen LogP contribution in [0.5, 0.6) is 0 Å². The van der Waals surface area contributed by atoms with Crippen molar-refractivity contribution in [1.82, 2.24) is 19.2 Å². The summed E-state index contributed by atoms with van der Waals surface area (Å²) in [6.07, 6.45) is 4.90. The Morgan fingerprint density at radius 3 is 2.39 bits per heavy atom. The van der Waals surface area contributed by atoms with Gasteiger partial charge >= 0.3 is 0 Å². The van der Waals surface area contributed by atoms with Crippen molar-refractivity contribution in [2.45, 2.75) is 12.8 Å². The van der Waals surface area contributed by atoms with Crippen LogP contribution in [0.25, 0.3) is 0 Å². The average molecular weight is 339 g/mol. The lowest BCUT2D eigenvalue weighted by Gasteiger charge is -2.36. The fraction of sp³-hybridized carbons (Fsp3) is 0.643. The maximum Gasteiger partial charge on any atom is 0.238 e. The molecule has 0 spiro atoms. The summed E-state index contributed by atoms with van der Waals surface area (Å²) in [5, 5.41) is 0. The number of rotatable bonds is 3. The molecule has 9 heteroatoms. The number of aromatic nitrogens is 2. The van der Waals surface area contributed by atoms with E-state index in [1.807, 2.05) is 4.90 Å². The van der Waals surface area contributed by atoms with Crippen molar-refractivity contribution in [2.24, 2.45) is 0 Å². The minimum absolute atomic E-state index is 0.0375. The molecule has 2 aliphatic rings. The molecule has 0 saturated carbocycles. The van der Waals surface area contributed by atoms with E-state index in [4.69, 9.17) is 0 Å². The van der Waals surface area contributed by atoms with Crippen molar-refractivity contribution >= 4 is 21.9 Å². The largest absolute Gasteiger partial charge is 0.338 e. The van der Waals surface area contributed by atoms with Crippen molar-refractivity contribution in [1.29, 1.82) is 0 Å². The molecule has 0 atom stereocenters. The van der Waals surface area contributed by atoms with E-state index < -0.39 is 10.0 Å². The maximum atomic E-state index is 12.4. The Morgan fingerprint density at radius 1 is 1.04 bits per heavy atom. The molecule has 23 heavy (non-hydrogen) atoms. The maximum absolute atomic E-state index is 12.4. The molecular formula is C14H21N5O3S. The van der Waals surface area contributed by atoms with Crippen molar-refractivity contribution in [3.8, 4) is 0 Å². The van der Waals surface area contributed by atoms with Gasteiger partial charge in [-0.25, -0.2) is 18.4 Å². The molecule has 0 aromatic carbocycles. The number of nitrogens with zero attached hydrogens (tertiary/aromatic N) is 5. The Labute approximate surface area is 136 Å². The van der Waals surface area contributed by atoms with Gasteiger partial charge in [-0.3, -0.25) is 4.79 Å². The number of hydrogen-bond acceptors (Lipinski definition) is 6. The third-order valence-electron chi connectivity index (χ3n) is 4.23. The van der Waals surface area contributed by atoms with Crippen LogP contribution in [0.1, 0.15) is 12.8 Å². The first-order valence-corrected chi connectivity index (χ1v) is 9.45. The predicted molar refractivity (Wildman–Crippen MR) is 85.4 cm³/mol. The Hall–Kier alpha value is -1.74. The molecule has 0 unspecified atom stereocenters. The predicted octanol–water partition coefficient (Wildman–Crippen LogP) is -0.449. The van der Waals surface area contributed by atoms with Crippen LogP contribution >= 0.6 is 0 Å². The van der Waals surface area contributed by atoms with E-state index in [9.17, 15) is 13.2 Å². The summed E-state index contributed by atoms with van der Waals surface area (Å²) in [7, 11) is -3.26. The van der Waals surface area contributed by atoms with Crippen LogP contribution in [0, 0.1) is 0 Å². The lowest BCUT2D eigenvalue weighted by molar-refractivity contribution is -0.131. The van der Waals surface area contributed by atoms with Crippen LogP contribution in [0.4, 0.5) is 5.95 Å². The minimum Gasteiger partial charge on any atom is -0.338 e. The van der Waals surface area contributed by atoms with Gasteiger partial charge in [0.15, 0.2) is 0 Å². The zero-order chi connectivity index (χ0) is 16.3. The average Bonchev–Trinajstić information content (AvgIpc) is 2.57. The molecule has 126 valence electrons. The third kappa shape index (κ3) is 3.78. The second-order valence-electron chi connectivity index (χ2n) is 5.77. The molecule has 2 fully saturated rings. The number of sulfonamides is 1. The molecule has 0 bridgehead atoms. The Balaban J connectivity index is 1.54. The van der Waals surface area contributed by atoms with E-state index in [-0.39, 0.29) is 18.2 Å². The van der Waals surface area contributed by atoms with E-state index in [0.29, 0.717) is 45.1 Å². The van der Waals surface area contributed by atoms with Crippen LogP contribution in [0.15, 0.2) is 18.5 Å². The smallest absolute Gasteiger partial charge is 0.238 e. The summed E-state index contributed by atoms with van der Waals surface area (Å²) in [5.41, 5.74) is 0. The second-order valence-corrected chi connectivity index (χ2v) is 7.86. The fourth-order valence-corrected chi connectivity index (χ4v) is 4.42. The van der Waals surface area contributed by atoms with Crippen molar-refractivity contribution in [3.63, 3.8) is 0 Å². The number of amides is 1. The summed E-state index contributed by atoms with van der Waals surface area (Å²) in [5.74, 6) is 0.696. The second kappa shape index (κ2) is 6.79. The Bertz CT molecular complexity index is 644. The van der Waals surface area contributed by atoms with Gasteiger partial charge in [0.25, 0.3) is 0 Å². The van der Waals surface area contributed by atoms with Crippen LogP contribution in [0.3, 0.4) is 0 Å². The van der Waals surface area contributed by atoms with Gasteiger partial charge in [-0.05, 0) is 18.9 Å². The lowest BCUT2D eigenvalue weighted by Crippen LogP contribution is -2.52. The molecule has 0 N–H and O–H groups in total. The zero-order valence-corrected chi connectivity index (χ0v) is 13.8.